The molecule has 1 amide bonds. The van der Waals surface area contributed by atoms with Gasteiger partial charge in [-0.15, -0.1) is 0 Å². The fourth-order valence-corrected chi connectivity index (χ4v) is 3.03. The van der Waals surface area contributed by atoms with Crippen LogP contribution in [-0.4, -0.2) is 22.1 Å². The van der Waals surface area contributed by atoms with Crippen LogP contribution in [0.3, 0.4) is 0 Å². The van der Waals surface area contributed by atoms with Gasteiger partial charge in [0.15, 0.2) is 5.69 Å². The summed E-state index contributed by atoms with van der Waals surface area (Å²) in [7, 11) is 0. The van der Waals surface area contributed by atoms with Crippen LogP contribution in [0.1, 0.15) is 27.7 Å². The standard InChI is InChI=1S/C23H19N3O3/c1-15-11-13-17(14-12-15)24-22(27)21(16-7-3-2-4-8-16)29-23(28)20-18-9-5-6-10-19(18)25-26-20/h2-14,21H,1H3,(H,24,27)(H,25,26). The summed E-state index contributed by atoms with van der Waals surface area (Å²) in [5.41, 5.74) is 3.15. The SMILES string of the molecule is Cc1ccc(NC(=O)C(OC(=O)c2n[nH]c3ccccc23)c2ccccc2)cc1. The first-order valence-corrected chi connectivity index (χ1v) is 9.18. The summed E-state index contributed by atoms with van der Waals surface area (Å²) in [6.45, 7) is 1.97. The molecule has 0 aliphatic rings. The van der Waals surface area contributed by atoms with E-state index >= 15 is 0 Å². The molecule has 0 radical (unpaired) electrons. The number of aromatic nitrogens is 2. The zero-order valence-electron chi connectivity index (χ0n) is 15.8. The van der Waals surface area contributed by atoms with E-state index in [0.717, 1.165) is 11.1 Å². The van der Waals surface area contributed by atoms with Gasteiger partial charge in [0.05, 0.1) is 5.52 Å². The van der Waals surface area contributed by atoms with E-state index in [-0.39, 0.29) is 5.69 Å². The number of para-hydroxylation sites is 1. The number of nitrogens with zero attached hydrogens (tertiary/aromatic N) is 1. The number of carbonyl (C=O) groups is 2. The van der Waals surface area contributed by atoms with Crippen LogP contribution in [-0.2, 0) is 9.53 Å². The molecule has 1 atom stereocenters. The topological polar surface area (TPSA) is 84.1 Å². The van der Waals surface area contributed by atoms with Gasteiger partial charge in [-0.2, -0.15) is 5.10 Å². The van der Waals surface area contributed by atoms with Crippen molar-refractivity contribution in [2.75, 3.05) is 5.32 Å². The number of carbonyl (C=O) groups excluding carboxylic acids is 2. The molecule has 2 N–H and O–H groups in total. The molecule has 144 valence electrons. The number of benzene rings is 3. The Kier molecular flexibility index (Phi) is 5.07. The summed E-state index contributed by atoms with van der Waals surface area (Å²) in [5.74, 6) is -1.11. The summed E-state index contributed by atoms with van der Waals surface area (Å²) in [5, 5.41) is 10.3. The summed E-state index contributed by atoms with van der Waals surface area (Å²) in [6, 6.07) is 23.6. The van der Waals surface area contributed by atoms with Crippen LogP contribution in [0.15, 0.2) is 78.9 Å². The van der Waals surface area contributed by atoms with E-state index in [0.29, 0.717) is 16.6 Å². The van der Waals surface area contributed by atoms with Gasteiger partial charge in [0, 0.05) is 16.6 Å². The Balaban J connectivity index is 1.61. The third kappa shape index (κ3) is 4.01. The fraction of sp³-hybridized carbons (Fsp3) is 0.0870. The van der Waals surface area contributed by atoms with E-state index in [9.17, 15) is 9.59 Å². The number of hydrogen-bond donors (Lipinski definition) is 2. The molecule has 0 aliphatic carbocycles. The van der Waals surface area contributed by atoms with Crippen molar-refractivity contribution < 1.29 is 14.3 Å². The molecule has 0 spiro atoms. The Morgan fingerprint density at radius 3 is 2.38 bits per heavy atom. The fourth-order valence-electron chi connectivity index (χ4n) is 3.03. The number of fused-ring (bicyclic) bond motifs is 1. The van der Waals surface area contributed by atoms with E-state index in [1.54, 1.807) is 42.5 Å². The molecule has 6 nitrogen and oxygen atoms in total. The minimum atomic E-state index is -1.11. The van der Waals surface area contributed by atoms with Crippen LogP contribution in [0.5, 0.6) is 0 Å². The molecule has 0 bridgehead atoms. The van der Waals surface area contributed by atoms with Gasteiger partial charge in [-0.25, -0.2) is 4.79 Å². The summed E-state index contributed by atoms with van der Waals surface area (Å²) < 4.78 is 5.61. The van der Waals surface area contributed by atoms with E-state index in [2.05, 4.69) is 15.5 Å². The van der Waals surface area contributed by atoms with E-state index < -0.39 is 18.0 Å². The van der Waals surface area contributed by atoms with Crippen molar-refractivity contribution in [3.8, 4) is 0 Å². The Bertz CT molecular complexity index is 1150. The number of amides is 1. The molecular formula is C23H19N3O3. The Hall–Kier alpha value is -3.93. The van der Waals surface area contributed by atoms with Gasteiger partial charge in [0.1, 0.15) is 0 Å². The lowest BCUT2D eigenvalue weighted by atomic mass is 10.1. The van der Waals surface area contributed by atoms with Crippen LogP contribution in [0, 0.1) is 6.92 Å². The molecule has 0 saturated heterocycles. The molecule has 6 heteroatoms. The number of aryl methyl sites for hydroxylation is 1. The van der Waals surface area contributed by atoms with E-state index in [1.807, 2.05) is 43.3 Å². The quantitative estimate of drug-likeness (QED) is 0.499. The smallest absolute Gasteiger partial charge is 0.360 e. The third-order valence-corrected chi connectivity index (χ3v) is 4.55. The van der Waals surface area contributed by atoms with Gasteiger partial charge < -0.3 is 10.1 Å². The van der Waals surface area contributed by atoms with Gasteiger partial charge in [-0.1, -0.05) is 66.2 Å². The molecule has 4 aromatic rings. The van der Waals surface area contributed by atoms with Crippen molar-refractivity contribution in [3.63, 3.8) is 0 Å². The van der Waals surface area contributed by atoms with Crippen LogP contribution in [0.2, 0.25) is 0 Å². The van der Waals surface area contributed by atoms with Crippen molar-refractivity contribution in [1.82, 2.24) is 10.2 Å². The highest BCUT2D eigenvalue weighted by Crippen LogP contribution is 2.24. The normalized spacial score (nSPS) is 11.8. The monoisotopic (exact) mass is 385 g/mol. The first kappa shape index (κ1) is 18.4. The van der Waals surface area contributed by atoms with Crippen molar-refractivity contribution >= 4 is 28.5 Å². The maximum Gasteiger partial charge on any atom is 0.360 e. The summed E-state index contributed by atoms with van der Waals surface area (Å²) in [6.07, 6.45) is -1.11. The molecule has 0 aliphatic heterocycles. The van der Waals surface area contributed by atoms with Gasteiger partial charge in [-0.3, -0.25) is 9.89 Å². The second kappa shape index (κ2) is 7.98. The van der Waals surface area contributed by atoms with Crippen molar-refractivity contribution in [2.45, 2.75) is 13.0 Å². The minimum Gasteiger partial charge on any atom is -0.442 e. The molecular weight excluding hydrogens is 366 g/mol. The lowest BCUT2D eigenvalue weighted by Gasteiger charge is -2.18. The van der Waals surface area contributed by atoms with Gasteiger partial charge in [0.25, 0.3) is 5.91 Å². The highest BCUT2D eigenvalue weighted by Gasteiger charge is 2.27. The number of nitrogens with one attached hydrogen (secondary N) is 2. The number of ether oxygens (including phenoxy) is 1. The van der Waals surface area contributed by atoms with Crippen LogP contribution >= 0.6 is 0 Å². The van der Waals surface area contributed by atoms with Gasteiger partial charge in [-0.05, 0) is 25.1 Å². The van der Waals surface area contributed by atoms with E-state index in [4.69, 9.17) is 4.74 Å². The maximum absolute atomic E-state index is 13.0. The average Bonchev–Trinajstić information content (AvgIpc) is 3.18. The van der Waals surface area contributed by atoms with Crippen molar-refractivity contribution in [2.24, 2.45) is 0 Å². The van der Waals surface area contributed by atoms with E-state index in [1.165, 1.54) is 0 Å². The Morgan fingerprint density at radius 1 is 0.931 bits per heavy atom. The molecule has 3 aromatic carbocycles. The highest BCUT2D eigenvalue weighted by atomic mass is 16.5. The predicted octanol–water partition coefficient (Wildman–Crippen LogP) is 4.41. The molecule has 1 aromatic heterocycles. The molecule has 1 unspecified atom stereocenters. The molecule has 0 fully saturated rings. The van der Waals surface area contributed by atoms with Gasteiger partial charge in [0.2, 0.25) is 6.10 Å². The predicted molar refractivity (Wildman–Crippen MR) is 111 cm³/mol. The first-order valence-electron chi connectivity index (χ1n) is 9.18. The Morgan fingerprint density at radius 2 is 1.62 bits per heavy atom. The van der Waals surface area contributed by atoms with Crippen molar-refractivity contribution in [3.05, 3.63) is 95.7 Å². The molecule has 29 heavy (non-hydrogen) atoms. The minimum absolute atomic E-state index is 0.143. The number of esters is 1. The lowest BCUT2D eigenvalue weighted by Crippen LogP contribution is -2.26. The average molecular weight is 385 g/mol. The molecule has 4 rings (SSSR count). The first-order chi connectivity index (χ1) is 14.1. The number of rotatable bonds is 5. The summed E-state index contributed by atoms with van der Waals surface area (Å²) >= 11 is 0. The van der Waals surface area contributed by atoms with Crippen molar-refractivity contribution in [1.29, 1.82) is 0 Å². The van der Waals surface area contributed by atoms with Crippen LogP contribution in [0.4, 0.5) is 5.69 Å². The molecule has 0 saturated carbocycles. The van der Waals surface area contributed by atoms with Crippen LogP contribution in [0.25, 0.3) is 10.9 Å². The highest BCUT2D eigenvalue weighted by molar-refractivity contribution is 6.03. The zero-order chi connectivity index (χ0) is 20.2. The summed E-state index contributed by atoms with van der Waals surface area (Å²) in [4.78, 5) is 25.8. The largest absolute Gasteiger partial charge is 0.442 e. The maximum atomic E-state index is 13.0. The second-order valence-electron chi connectivity index (χ2n) is 6.67. The second-order valence-corrected chi connectivity index (χ2v) is 6.67. The number of anilines is 1. The van der Waals surface area contributed by atoms with Gasteiger partial charge >= 0.3 is 5.97 Å². The van der Waals surface area contributed by atoms with Crippen LogP contribution < -0.4 is 5.32 Å². The third-order valence-electron chi connectivity index (χ3n) is 4.55. The number of aromatic amines is 1. The number of H-pyrrole nitrogens is 1. The Labute approximate surface area is 167 Å². The molecule has 1 heterocycles. The lowest BCUT2D eigenvalue weighted by molar-refractivity contribution is -0.125. The zero-order valence-corrected chi connectivity index (χ0v) is 15.8. The number of hydrogen-bond acceptors (Lipinski definition) is 4.